The summed E-state index contributed by atoms with van der Waals surface area (Å²) in [4.78, 5) is 1.59. The van der Waals surface area contributed by atoms with Gasteiger partial charge in [0.15, 0.2) is 0 Å². The van der Waals surface area contributed by atoms with Crippen LogP contribution in [0.3, 0.4) is 0 Å². The van der Waals surface area contributed by atoms with Gasteiger partial charge in [-0.1, -0.05) is 22.0 Å². The molecule has 108 valence electrons. The fourth-order valence-electron chi connectivity index (χ4n) is 1.79. The quantitative estimate of drug-likeness (QED) is 0.749. The molecule has 19 heavy (non-hydrogen) atoms. The molecule has 0 bridgehead atoms. The number of alkyl halides is 4. The molecular weight excluding hydrogens is 323 g/mol. The van der Waals surface area contributed by atoms with Crippen LogP contribution in [0.1, 0.15) is 18.1 Å². The largest absolute Gasteiger partial charge is 0.418 e. The average Bonchev–Trinajstić information content (AvgIpc) is 2.36. The van der Waals surface area contributed by atoms with E-state index in [2.05, 4.69) is 15.9 Å². The maximum absolute atomic E-state index is 13.1. The monoisotopic (exact) mass is 339 g/mol. The molecule has 0 heterocycles. The summed E-state index contributed by atoms with van der Waals surface area (Å²) in [6, 6.07) is 4.24. The molecule has 1 atom stereocenters. The van der Waals surface area contributed by atoms with Crippen LogP contribution in [0.15, 0.2) is 18.2 Å². The lowest BCUT2D eigenvalue weighted by molar-refractivity contribution is -0.137. The Kier molecular flexibility index (Phi) is 5.67. The SMILES string of the molecule is COCC(C)N(C)c1ccc(CBr)cc1C(F)(F)F. The molecule has 0 radical (unpaired) electrons. The number of hydrogen-bond acceptors (Lipinski definition) is 2. The number of likely N-dealkylation sites (N-methyl/N-ethyl adjacent to an activating group) is 1. The molecule has 1 aromatic rings. The molecule has 0 aromatic heterocycles. The Morgan fingerprint density at radius 3 is 2.47 bits per heavy atom. The Labute approximate surface area is 119 Å². The number of methoxy groups -OCH3 is 1. The number of rotatable bonds is 5. The summed E-state index contributed by atoms with van der Waals surface area (Å²) >= 11 is 3.17. The summed E-state index contributed by atoms with van der Waals surface area (Å²) in [7, 11) is 3.17. The maximum atomic E-state index is 13.1. The summed E-state index contributed by atoms with van der Waals surface area (Å²) < 4.78 is 44.3. The lowest BCUT2D eigenvalue weighted by Crippen LogP contribution is -2.34. The van der Waals surface area contributed by atoms with E-state index >= 15 is 0 Å². The first kappa shape index (κ1) is 16.3. The van der Waals surface area contributed by atoms with Crippen molar-refractivity contribution in [3.05, 3.63) is 29.3 Å². The van der Waals surface area contributed by atoms with Crippen LogP contribution in [-0.2, 0) is 16.2 Å². The van der Waals surface area contributed by atoms with Crippen LogP contribution in [0.4, 0.5) is 18.9 Å². The second-order valence-corrected chi connectivity index (χ2v) is 4.96. The van der Waals surface area contributed by atoms with Crippen molar-refractivity contribution >= 4 is 21.6 Å². The minimum Gasteiger partial charge on any atom is -0.383 e. The minimum atomic E-state index is -4.37. The zero-order valence-corrected chi connectivity index (χ0v) is 12.7. The molecular formula is C13H17BrF3NO. The Balaban J connectivity index is 3.19. The van der Waals surface area contributed by atoms with Crippen LogP contribution in [0.25, 0.3) is 0 Å². The Hall–Kier alpha value is -0.750. The van der Waals surface area contributed by atoms with E-state index in [9.17, 15) is 13.2 Å². The van der Waals surface area contributed by atoms with Gasteiger partial charge in [-0.3, -0.25) is 0 Å². The zero-order chi connectivity index (χ0) is 14.6. The molecule has 0 amide bonds. The molecule has 2 nitrogen and oxygen atoms in total. The second kappa shape index (κ2) is 6.61. The van der Waals surface area contributed by atoms with Gasteiger partial charge in [-0.15, -0.1) is 0 Å². The summed E-state index contributed by atoms with van der Waals surface area (Å²) in [5.74, 6) is 0. The molecule has 0 aliphatic carbocycles. The lowest BCUT2D eigenvalue weighted by Gasteiger charge is -2.29. The highest BCUT2D eigenvalue weighted by atomic mass is 79.9. The summed E-state index contributed by atoms with van der Waals surface area (Å²) in [6.07, 6.45) is -4.37. The smallest absolute Gasteiger partial charge is 0.383 e. The van der Waals surface area contributed by atoms with Crippen LogP contribution in [0.5, 0.6) is 0 Å². The molecule has 1 aromatic carbocycles. The van der Waals surface area contributed by atoms with E-state index in [0.717, 1.165) is 0 Å². The lowest BCUT2D eigenvalue weighted by atomic mass is 10.1. The normalized spacial score (nSPS) is 13.4. The molecule has 1 rings (SSSR count). The standard InChI is InChI=1S/C13H17BrF3NO/c1-9(8-19-3)18(2)12-5-4-10(7-14)6-11(12)13(15,16)17/h4-6,9H,7-8H2,1-3H3. The average molecular weight is 340 g/mol. The number of halogens is 4. The topological polar surface area (TPSA) is 12.5 Å². The Bertz CT molecular complexity index is 423. The first-order chi connectivity index (χ1) is 8.81. The van der Waals surface area contributed by atoms with E-state index in [-0.39, 0.29) is 11.7 Å². The van der Waals surface area contributed by atoms with Gasteiger partial charge in [-0.05, 0) is 24.6 Å². The first-order valence-electron chi connectivity index (χ1n) is 5.79. The molecule has 0 fully saturated rings. The zero-order valence-electron chi connectivity index (χ0n) is 11.1. The van der Waals surface area contributed by atoms with Gasteiger partial charge in [0.25, 0.3) is 0 Å². The molecule has 6 heteroatoms. The molecule has 0 aliphatic heterocycles. The van der Waals surface area contributed by atoms with Crippen LogP contribution in [0.2, 0.25) is 0 Å². The van der Waals surface area contributed by atoms with E-state index in [0.29, 0.717) is 17.5 Å². The van der Waals surface area contributed by atoms with Crippen LogP contribution < -0.4 is 4.90 Å². The molecule has 0 spiro atoms. The van der Waals surface area contributed by atoms with Gasteiger partial charge in [-0.25, -0.2) is 0 Å². The van der Waals surface area contributed by atoms with Crippen molar-refractivity contribution < 1.29 is 17.9 Å². The maximum Gasteiger partial charge on any atom is 0.418 e. The van der Waals surface area contributed by atoms with E-state index < -0.39 is 11.7 Å². The van der Waals surface area contributed by atoms with Crippen LogP contribution >= 0.6 is 15.9 Å². The number of anilines is 1. The van der Waals surface area contributed by atoms with Crippen LogP contribution in [0, 0.1) is 0 Å². The van der Waals surface area contributed by atoms with E-state index in [1.54, 1.807) is 18.0 Å². The van der Waals surface area contributed by atoms with Gasteiger partial charge < -0.3 is 9.64 Å². The fraction of sp³-hybridized carbons (Fsp3) is 0.538. The van der Waals surface area contributed by atoms with Gasteiger partial charge in [0.05, 0.1) is 12.2 Å². The third-order valence-electron chi connectivity index (χ3n) is 2.97. The van der Waals surface area contributed by atoms with E-state index in [4.69, 9.17) is 4.74 Å². The van der Waals surface area contributed by atoms with Gasteiger partial charge in [0.2, 0.25) is 0 Å². The fourth-order valence-corrected chi connectivity index (χ4v) is 2.14. The predicted octanol–water partition coefficient (Wildman–Crippen LogP) is 4.07. The third kappa shape index (κ3) is 4.11. The molecule has 0 saturated heterocycles. The molecule has 1 unspecified atom stereocenters. The number of ether oxygens (including phenoxy) is 1. The van der Waals surface area contributed by atoms with Crippen molar-refractivity contribution in [2.24, 2.45) is 0 Å². The minimum absolute atomic E-state index is 0.138. The van der Waals surface area contributed by atoms with Crippen molar-refractivity contribution in [2.75, 3.05) is 25.7 Å². The highest BCUT2D eigenvalue weighted by Crippen LogP contribution is 2.37. The summed E-state index contributed by atoms with van der Waals surface area (Å²) in [6.45, 7) is 2.19. The molecule has 0 saturated carbocycles. The number of nitrogens with zero attached hydrogens (tertiary/aromatic N) is 1. The number of hydrogen-bond donors (Lipinski definition) is 0. The van der Waals surface area contributed by atoms with Crippen LogP contribution in [-0.4, -0.2) is 26.8 Å². The summed E-state index contributed by atoms with van der Waals surface area (Å²) in [5.41, 5.74) is 0.153. The Morgan fingerprint density at radius 1 is 1.37 bits per heavy atom. The third-order valence-corrected chi connectivity index (χ3v) is 3.62. The van der Waals surface area contributed by atoms with Gasteiger partial charge >= 0.3 is 6.18 Å². The highest BCUT2D eigenvalue weighted by molar-refractivity contribution is 9.08. The number of benzene rings is 1. The second-order valence-electron chi connectivity index (χ2n) is 4.40. The van der Waals surface area contributed by atoms with Gasteiger partial charge in [0.1, 0.15) is 0 Å². The van der Waals surface area contributed by atoms with Crippen molar-refractivity contribution in [1.82, 2.24) is 0 Å². The van der Waals surface area contributed by atoms with Crippen molar-refractivity contribution in [2.45, 2.75) is 24.5 Å². The van der Waals surface area contributed by atoms with Crippen molar-refractivity contribution in [3.8, 4) is 0 Å². The molecule has 0 N–H and O–H groups in total. The molecule has 0 aliphatic rings. The predicted molar refractivity (Wildman–Crippen MR) is 73.8 cm³/mol. The van der Waals surface area contributed by atoms with Crippen molar-refractivity contribution in [1.29, 1.82) is 0 Å². The van der Waals surface area contributed by atoms with E-state index in [1.165, 1.54) is 19.2 Å². The van der Waals surface area contributed by atoms with Gasteiger partial charge in [0, 0.05) is 31.2 Å². The highest BCUT2D eigenvalue weighted by Gasteiger charge is 2.35. The summed E-state index contributed by atoms with van der Waals surface area (Å²) in [5, 5.41) is 0.397. The van der Waals surface area contributed by atoms with Gasteiger partial charge in [-0.2, -0.15) is 13.2 Å². The van der Waals surface area contributed by atoms with E-state index in [1.807, 2.05) is 6.92 Å². The Morgan fingerprint density at radius 2 is 2.00 bits per heavy atom. The first-order valence-corrected chi connectivity index (χ1v) is 6.91. The van der Waals surface area contributed by atoms with Crippen molar-refractivity contribution in [3.63, 3.8) is 0 Å².